The van der Waals surface area contributed by atoms with Crippen LogP contribution in [-0.4, -0.2) is 37.2 Å². The Morgan fingerprint density at radius 2 is 0.600 bits per heavy atom. The molecule has 0 saturated carbocycles. The van der Waals surface area contributed by atoms with Crippen LogP contribution in [0.4, 0.5) is 0 Å². The Kier molecular flexibility index (Phi) is 51.8. The quantitative estimate of drug-likeness (QED) is 0.0262. The first-order valence-electron chi connectivity index (χ1n) is 28.1. The molecule has 0 aromatic heterocycles. The molecular formula is C59H106O6. The molecular weight excluding hydrogens is 805 g/mol. The summed E-state index contributed by atoms with van der Waals surface area (Å²) in [7, 11) is 0. The standard InChI is InChI=1S/C59H106O6/c1-4-7-10-13-16-19-22-25-27-29-31-34-37-40-43-46-49-52-58(61)64-55-56(54-63-57(60)51-48-45-42-39-36-33-24-21-18-15-12-9-6-3)65-59(62)53-50-47-44-41-38-35-32-30-28-26-23-20-17-14-11-8-5-2/h7,10,16,19,25-28,56H,4-6,8-9,11-15,17-18,20-24,29-55H2,1-3H3/b10-7-,19-16-,27-25-,28-26-. The fourth-order valence-electron chi connectivity index (χ4n) is 8.10. The molecule has 1 atom stereocenters. The molecule has 0 N–H and O–H groups in total. The van der Waals surface area contributed by atoms with E-state index in [1.54, 1.807) is 0 Å². The van der Waals surface area contributed by atoms with Gasteiger partial charge in [0.2, 0.25) is 0 Å². The molecule has 0 aromatic rings. The fraction of sp³-hybridized carbons (Fsp3) is 0.814. The lowest BCUT2D eigenvalue weighted by atomic mass is 10.0. The highest BCUT2D eigenvalue weighted by molar-refractivity contribution is 5.71. The second-order valence-electron chi connectivity index (χ2n) is 18.8. The number of allylic oxidation sites excluding steroid dienone is 8. The van der Waals surface area contributed by atoms with Crippen molar-refractivity contribution in [2.24, 2.45) is 0 Å². The summed E-state index contributed by atoms with van der Waals surface area (Å²) in [5, 5.41) is 0. The topological polar surface area (TPSA) is 78.9 Å². The molecule has 0 aliphatic heterocycles. The molecule has 0 aromatic carbocycles. The van der Waals surface area contributed by atoms with Crippen molar-refractivity contribution in [1.29, 1.82) is 0 Å². The van der Waals surface area contributed by atoms with E-state index >= 15 is 0 Å². The van der Waals surface area contributed by atoms with Crippen molar-refractivity contribution in [2.45, 2.75) is 297 Å². The smallest absolute Gasteiger partial charge is 0.306 e. The van der Waals surface area contributed by atoms with Crippen LogP contribution in [0.1, 0.15) is 290 Å². The average molecular weight is 911 g/mol. The first-order valence-corrected chi connectivity index (χ1v) is 28.1. The molecule has 0 amide bonds. The lowest BCUT2D eigenvalue weighted by Gasteiger charge is -2.18. The minimum Gasteiger partial charge on any atom is -0.462 e. The van der Waals surface area contributed by atoms with Gasteiger partial charge in [-0.3, -0.25) is 14.4 Å². The number of esters is 3. The Labute approximate surface area is 403 Å². The zero-order valence-electron chi connectivity index (χ0n) is 43.3. The van der Waals surface area contributed by atoms with Gasteiger partial charge in [0, 0.05) is 19.3 Å². The molecule has 0 spiro atoms. The summed E-state index contributed by atoms with van der Waals surface area (Å²) >= 11 is 0. The van der Waals surface area contributed by atoms with E-state index in [2.05, 4.69) is 69.4 Å². The molecule has 1 unspecified atom stereocenters. The molecule has 0 aliphatic carbocycles. The predicted molar refractivity (Wildman–Crippen MR) is 279 cm³/mol. The lowest BCUT2D eigenvalue weighted by Crippen LogP contribution is -2.30. The number of unbranched alkanes of at least 4 members (excludes halogenated alkanes) is 32. The van der Waals surface area contributed by atoms with Crippen LogP contribution in [-0.2, 0) is 28.6 Å². The molecule has 6 heteroatoms. The molecule has 0 aliphatic rings. The van der Waals surface area contributed by atoms with Crippen molar-refractivity contribution < 1.29 is 28.6 Å². The van der Waals surface area contributed by atoms with Gasteiger partial charge in [-0.2, -0.15) is 0 Å². The van der Waals surface area contributed by atoms with Gasteiger partial charge in [-0.05, 0) is 77.0 Å². The highest BCUT2D eigenvalue weighted by atomic mass is 16.6. The summed E-state index contributed by atoms with van der Waals surface area (Å²) in [4.78, 5) is 38.1. The Hall–Kier alpha value is -2.63. The van der Waals surface area contributed by atoms with E-state index in [9.17, 15) is 14.4 Å². The van der Waals surface area contributed by atoms with E-state index in [0.29, 0.717) is 19.3 Å². The van der Waals surface area contributed by atoms with Crippen molar-refractivity contribution >= 4 is 17.9 Å². The number of ether oxygens (including phenoxy) is 3. The van der Waals surface area contributed by atoms with Gasteiger partial charge in [-0.25, -0.2) is 0 Å². The van der Waals surface area contributed by atoms with Gasteiger partial charge in [0.1, 0.15) is 13.2 Å². The van der Waals surface area contributed by atoms with Crippen LogP contribution in [0.25, 0.3) is 0 Å². The monoisotopic (exact) mass is 911 g/mol. The maximum absolute atomic E-state index is 12.8. The van der Waals surface area contributed by atoms with Crippen molar-refractivity contribution in [3.8, 4) is 0 Å². The zero-order chi connectivity index (χ0) is 47.2. The fourth-order valence-corrected chi connectivity index (χ4v) is 8.10. The van der Waals surface area contributed by atoms with Crippen LogP contribution in [0.2, 0.25) is 0 Å². The summed E-state index contributed by atoms with van der Waals surface area (Å²) in [6.07, 6.45) is 65.2. The van der Waals surface area contributed by atoms with E-state index in [4.69, 9.17) is 14.2 Å². The molecule has 6 nitrogen and oxygen atoms in total. The minimum atomic E-state index is -0.777. The molecule has 0 heterocycles. The van der Waals surface area contributed by atoms with E-state index in [1.807, 2.05) is 0 Å². The predicted octanol–water partition coefficient (Wildman–Crippen LogP) is 18.7. The lowest BCUT2D eigenvalue weighted by molar-refractivity contribution is -0.167. The van der Waals surface area contributed by atoms with Crippen LogP contribution in [0.15, 0.2) is 48.6 Å². The van der Waals surface area contributed by atoms with Crippen molar-refractivity contribution in [3.63, 3.8) is 0 Å². The highest BCUT2D eigenvalue weighted by Gasteiger charge is 2.19. The van der Waals surface area contributed by atoms with Crippen molar-refractivity contribution in [3.05, 3.63) is 48.6 Å². The SMILES string of the molecule is CC/C=C\C/C=C\C/C=C\CCCCCCCCCC(=O)OCC(COC(=O)CCCCCCCCCCCCCCC)OC(=O)CCCCCCCCC/C=C\CCCCCCCC. The third kappa shape index (κ3) is 52.2. The van der Waals surface area contributed by atoms with Gasteiger partial charge in [-0.1, -0.05) is 243 Å². The van der Waals surface area contributed by atoms with Gasteiger partial charge in [0.05, 0.1) is 0 Å². The molecule has 378 valence electrons. The summed E-state index contributed by atoms with van der Waals surface area (Å²) in [5.41, 5.74) is 0. The van der Waals surface area contributed by atoms with Crippen LogP contribution in [0, 0.1) is 0 Å². The molecule has 65 heavy (non-hydrogen) atoms. The van der Waals surface area contributed by atoms with Crippen LogP contribution >= 0.6 is 0 Å². The van der Waals surface area contributed by atoms with Gasteiger partial charge >= 0.3 is 17.9 Å². The Balaban J connectivity index is 4.37. The Bertz CT molecular complexity index is 1140. The van der Waals surface area contributed by atoms with Gasteiger partial charge < -0.3 is 14.2 Å². The molecule has 0 bridgehead atoms. The zero-order valence-corrected chi connectivity index (χ0v) is 43.3. The normalized spacial score (nSPS) is 12.4. The highest BCUT2D eigenvalue weighted by Crippen LogP contribution is 2.16. The molecule has 0 rings (SSSR count). The summed E-state index contributed by atoms with van der Waals surface area (Å²) < 4.78 is 16.9. The third-order valence-electron chi connectivity index (χ3n) is 12.3. The van der Waals surface area contributed by atoms with Crippen LogP contribution in [0.3, 0.4) is 0 Å². The van der Waals surface area contributed by atoms with E-state index in [0.717, 1.165) is 83.5 Å². The van der Waals surface area contributed by atoms with Crippen LogP contribution in [0.5, 0.6) is 0 Å². The van der Waals surface area contributed by atoms with Gasteiger partial charge in [0.15, 0.2) is 6.10 Å². The van der Waals surface area contributed by atoms with E-state index in [-0.39, 0.29) is 31.1 Å². The molecule has 0 fully saturated rings. The second-order valence-corrected chi connectivity index (χ2v) is 18.8. The maximum atomic E-state index is 12.8. The van der Waals surface area contributed by atoms with Crippen LogP contribution < -0.4 is 0 Å². The maximum Gasteiger partial charge on any atom is 0.306 e. The summed E-state index contributed by atoms with van der Waals surface area (Å²) in [6.45, 7) is 6.54. The Morgan fingerprint density at radius 3 is 0.954 bits per heavy atom. The van der Waals surface area contributed by atoms with E-state index < -0.39 is 6.10 Å². The van der Waals surface area contributed by atoms with E-state index in [1.165, 1.54) is 167 Å². The van der Waals surface area contributed by atoms with Gasteiger partial charge in [-0.15, -0.1) is 0 Å². The number of hydrogen-bond acceptors (Lipinski definition) is 6. The third-order valence-corrected chi connectivity index (χ3v) is 12.3. The molecule has 0 radical (unpaired) electrons. The van der Waals surface area contributed by atoms with Crippen molar-refractivity contribution in [1.82, 2.24) is 0 Å². The summed E-state index contributed by atoms with van der Waals surface area (Å²) in [6, 6.07) is 0. The minimum absolute atomic E-state index is 0.0751. The first-order chi connectivity index (χ1) is 32.0. The Morgan fingerprint density at radius 1 is 0.323 bits per heavy atom. The number of carbonyl (C=O) groups is 3. The second kappa shape index (κ2) is 54.0. The number of rotatable bonds is 51. The largest absolute Gasteiger partial charge is 0.462 e. The average Bonchev–Trinajstić information content (AvgIpc) is 3.30. The molecule has 0 saturated heterocycles. The number of carbonyl (C=O) groups excluding carboxylic acids is 3. The number of hydrogen-bond donors (Lipinski definition) is 0. The van der Waals surface area contributed by atoms with Gasteiger partial charge in [0.25, 0.3) is 0 Å². The van der Waals surface area contributed by atoms with Crippen molar-refractivity contribution in [2.75, 3.05) is 13.2 Å². The first kappa shape index (κ1) is 62.4. The summed E-state index contributed by atoms with van der Waals surface area (Å²) in [5.74, 6) is -0.877.